The number of piperidine rings is 2. The van der Waals surface area contributed by atoms with Gasteiger partial charge in [0, 0.05) is 24.5 Å². The van der Waals surface area contributed by atoms with Crippen LogP contribution in [0.3, 0.4) is 0 Å². The van der Waals surface area contributed by atoms with E-state index in [2.05, 4.69) is 31.0 Å². The van der Waals surface area contributed by atoms with Crippen LogP contribution in [-0.2, 0) is 11.2 Å². The number of aryl methyl sites for hydroxylation is 1. The minimum absolute atomic E-state index is 0.00631. The highest BCUT2D eigenvalue weighted by Crippen LogP contribution is 2.41. The van der Waals surface area contributed by atoms with Crippen molar-refractivity contribution in [3.63, 3.8) is 0 Å². The minimum atomic E-state index is -0.00631. The summed E-state index contributed by atoms with van der Waals surface area (Å²) in [5.41, 5.74) is 2.29. The maximum atomic E-state index is 12.7. The molecule has 1 N–H and O–H groups in total. The number of hydrogen-bond acceptors (Lipinski definition) is 3. The summed E-state index contributed by atoms with van der Waals surface area (Å²) >= 11 is 0. The van der Waals surface area contributed by atoms with Crippen molar-refractivity contribution in [2.24, 2.45) is 5.41 Å². The predicted octanol–water partition coefficient (Wildman–Crippen LogP) is 1.84. The molecule has 0 aromatic heterocycles. The number of rotatable bonds is 3. The molecular formula is C19H28N2O2. The molecule has 3 rings (SSSR count). The third-order valence-electron chi connectivity index (χ3n) is 5.84. The van der Waals surface area contributed by atoms with Gasteiger partial charge in [0.25, 0.3) is 0 Å². The molecule has 2 heterocycles. The summed E-state index contributed by atoms with van der Waals surface area (Å²) in [6, 6.07) is 8.50. The fourth-order valence-electron chi connectivity index (χ4n) is 4.24. The molecule has 1 amide bonds. The van der Waals surface area contributed by atoms with Crippen LogP contribution >= 0.6 is 0 Å². The van der Waals surface area contributed by atoms with E-state index in [4.69, 9.17) is 0 Å². The van der Waals surface area contributed by atoms with Crippen LogP contribution in [-0.4, -0.2) is 60.1 Å². The van der Waals surface area contributed by atoms with Gasteiger partial charge in [0.2, 0.25) is 5.91 Å². The molecule has 0 saturated carbocycles. The third kappa shape index (κ3) is 3.29. The lowest BCUT2D eigenvalue weighted by Gasteiger charge is -2.53. The van der Waals surface area contributed by atoms with E-state index >= 15 is 0 Å². The van der Waals surface area contributed by atoms with E-state index in [1.807, 2.05) is 17.0 Å². The Morgan fingerprint density at radius 3 is 2.70 bits per heavy atom. The normalized spacial score (nSPS) is 28.5. The first-order valence-electron chi connectivity index (χ1n) is 8.68. The van der Waals surface area contributed by atoms with Crippen molar-refractivity contribution < 1.29 is 9.90 Å². The molecule has 4 heteroatoms. The van der Waals surface area contributed by atoms with Crippen LogP contribution in [0.2, 0.25) is 0 Å². The minimum Gasteiger partial charge on any atom is -0.396 e. The Kier molecular flexibility index (Phi) is 4.74. The van der Waals surface area contributed by atoms with Crippen molar-refractivity contribution in [3.05, 3.63) is 35.4 Å². The van der Waals surface area contributed by atoms with Gasteiger partial charge in [-0.05, 0) is 45.3 Å². The van der Waals surface area contributed by atoms with Gasteiger partial charge in [-0.1, -0.05) is 29.8 Å². The van der Waals surface area contributed by atoms with Crippen LogP contribution in [0.4, 0.5) is 0 Å². The first-order valence-corrected chi connectivity index (χ1v) is 8.68. The van der Waals surface area contributed by atoms with Crippen molar-refractivity contribution >= 4 is 5.91 Å². The van der Waals surface area contributed by atoms with E-state index in [9.17, 15) is 9.90 Å². The van der Waals surface area contributed by atoms with Crippen LogP contribution < -0.4 is 0 Å². The van der Waals surface area contributed by atoms with Crippen molar-refractivity contribution in [3.8, 4) is 0 Å². The fraction of sp³-hybridized carbons (Fsp3) is 0.632. The highest BCUT2D eigenvalue weighted by molar-refractivity contribution is 5.79. The van der Waals surface area contributed by atoms with E-state index in [0.717, 1.165) is 44.5 Å². The maximum absolute atomic E-state index is 12.7. The first kappa shape index (κ1) is 16.5. The summed E-state index contributed by atoms with van der Waals surface area (Å²) in [7, 11) is 2.13. The monoisotopic (exact) mass is 316 g/mol. The zero-order chi connectivity index (χ0) is 16.4. The number of benzene rings is 1. The second-order valence-corrected chi connectivity index (χ2v) is 7.37. The van der Waals surface area contributed by atoms with Gasteiger partial charge in [0.15, 0.2) is 0 Å². The number of fused-ring (bicyclic) bond motifs is 1. The smallest absolute Gasteiger partial charge is 0.227 e. The Hall–Kier alpha value is -1.39. The molecule has 23 heavy (non-hydrogen) atoms. The first-order chi connectivity index (χ1) is 11.0. The zero-order valence-corrected chi connectivity index (χ0v) is 14.3. The number of carbonyl (C=O) groups is 1. The molecule has 0 unspecified atom stereocenters. The van der Waals surface area contributed by atoms with Gasteiger partial charge in [0.05, 0.1) is 13.0 Å². The Labute approximate surface area is 139 Å². The molecule has 0 bridgehead atoms. The van der Waals surface area contributed by atoms with Crippen LogP contribution in [0.1, 0.15) is 30.4 Å². The lowest BCUT2D eigenvalue weighted by Crippen LogP contribution is -2.62. The number of likely N-dealkylation sites (N-methyl/N-ethyl adjacent to an activating group) is 1. The standard InChI is InChI=1S/C19H28N2O2/c1-15-4-6-16(7-5-15)12-18(23)21-11-9-19(14-22)8-3-10-20(2)17(19)13-21/h4-7,17,22H,3,8-14H2,1-2H3/t17-,19-/m1/s1. The summed E-state index contributed by atoms with van der Waals surface area (Å²) in [5.74, 6) is 0.208. The van der Waals surface area contributed by atoms with Crippen molar-refractivity contribution in [2.75, 3.05) is 33.3 Å². The Balaban J connectivity index is 1.67. The van der Waals surface area contributed by atoms with Gasteiger partial charge in [-0.3, -0.25) is 4.79 Å². The summed E-state index contributed by atoms with van der Waals surface area (Å²) in [5, 5.41) is 9.95. The van der Waals surface area contributed by atoms with Gasteiger partial charge in [-0.25, -0.2) is 0 Å². The lowest BCUT2D eigenvalue weighted by molar-refractivity contribution is -0.139. The second-order valence-electron chi connectivity index (χ2n) is 7.37. The van der Waals surface area contributed by atoms with Gasteiger partial charge in [-0.15, -0.1) is 0 Å². The summed E-state index contributed by atoms with van der Waals surface area (Å²) in [6.07, 6.45) is 3.62. The third-order valence-corrected chi connectivity index (χ3v) is 5.84. The molecule has 2 saturated heterocycles. The Morgan fingerprint density at radius 2 is 2.00 bits per heavy atom. The highest BCUT2D eigenvalue weighted by atomic mass is 16.3. The summed E-state index contributed by atoms with van der Waals surface area (Å²) < 4.78 is 0. The number of nitrogens with zero attached hydrogens (tertiary/aromatic N) is 2. The van der Waals surface area contributed by atoms with Crippen molar-refractivity contribution in [1.29, 1.82) is 0 Å². The summed E-state index contributed by atoms with van der Waals surface area (Å²) in [4.78, 5) is 17.0. The van der Waals surface area contributed by atoms with Crippen molar-refractivity contribution in [1.82, 2.24) is 9.80 Å². The van der Waals surface area contributed by atoms with Crippen LogP contribution in [0.25, 0.3) is 0 Å². The van der Waals surface area contributed by atoms with E-state index in [0.29, 0.717) is 6.42 Å². The van der Waals surface area contributed by atoms with E-state index < -0.39 is 0 Å². The topological polar surface area (TPSA) is 43.8 Å². The molecule has 2 atom stereocenters. The predicted molar refractivity (Wildman–Crippen MR) is 91.3 cm³/mol. The van der Waals surface area contributed by atoms with E-state index in [1.165, 1.54) is 5.56 Å². The molecule has 2 fully saturated rings. The number of carbonyl (C=O) groups excluding carboxylic acids is 1. The fourth-order valence-corrected chi connectivity index (χ4v) is 4.24. The molecule has 4 nitrogen and oxygen atoms in total. The molecule has 2 aliphatic heterocycles. The van der Waals surface area contributed by atoms with Gasteiger partial charge < -0.3 is 14.9 Å². The molecule has 126 valence electrons. The number of aliphatic hydroxyl groups is 1. The molecule has 1 aromatic rings. The van der Waals surface area contributed by atoms with Crippen molar-refractivity contribution in [2.45, 2.75) is 38.6 Å². The number of hydrogen-bond donors (Lipinski definition) is 1. The Morgan fingerprint density at radius 1 is 1.26 bits per heavy atom. The lowest BCUT2D eigenvalue weighted by atomic mass is 9.69. The molecule has 1 aromatic carbocycles. The zero-order valence-electron chi connectivity index (χ0n) is 14.3. The van der Waals surface area contributed by atoms with Crippen LogP contribution in [0, 0.1) is 12.3 Å². The number of amides is 1. The highest BCUT2D eigenvalue weighted by Gasteiger charge is 2.47. The molecule has 0 aliphatic carbocycles. The van der Waals surface area contributed by atoms with E-state index in [-0.39, 0.29) is 24.0 Å². The van der Waals surface area contributed by atoms with Gasteiger partial charge in [-0.2, -0.15) is 0 Å². The second kappa shape index (κ2) is 6.62. The molecule has 2 aliphatic rings. The van der Waals surface area contributed by atoms with E-state index in [1.54, 1.807) is 0 Å². The average Bonchev–Trinajstić information content (AvgIpc) is 2.57. The quantitative estimate of drug-likeness (QED) is 0.925. The largest absolute Gasteiger partial charge is 0.396 e. The average molecular weight is 316 g/mol. The Bertz CT molecular complexity index is 557. The van der Waals surface area contributed by atoms with Crippen LogP contribution in [0.15, 0.2) is 24.3 Å². The number of aliphatic hydroxyl groups excluding tert-OH is 1. The molecule has 0 radical (unpaired) electrons. The number of likely N-dealkylation sites (tertiary alicyclic amines) is 2. The SMILES string of the molecule is Cc1ccc(CC(=O)N2CC[C@@]3(CO)CCCN(C)[C@@H]3C2)cc1. The summed E-state index contributed by atoms with van der Waals surface area (Å²) in [6.45, 7) is 4.88. The van der Waals surface area contributed by atoms with Crippen LogP contribution in [0.5, 0.6) is 0 Å². The molecule has 0 spiro atoms. The van der Waals surface area contributed by atoms with Gasteiger partial charge >= 0.3 is 0 Å². The van der Waals surface area contributed by atoms with Gasteiger partial charge in [0.1, 0.15) is 0 Å². The maximum Gasteiger partial charge on any atom is 0.227 e. The molecular weight excluding hydrogens is 288 g/mol.